The van der Waals surface area contributed by atoms with Crippen molar-refractivity contribution >= 4 is 15.9 Å². The molecule has 3 rings (SSSR count). The van der Waals surface area contributed by atoms with Crippen molar-refractivity contribution in [1.82, 2.24) is 24.6 Å². The lowest BCUT2D eigenvalue weighted by molar-refractivity contribution is -0.148. The van der Waals surface area contributed by atoms with Gasteiger partial charge >= 0.3 is 6.18 Å². The van der Waals surface area contributed by atoms with E-state index in [0.717, 1.165) is 14.6 Å². The van der Waals surface area contributed by atoms with Crippen molar-refractivity contribution in [3.63, 3.8) is 0 Å². The number of aromatic nitrogens is 4. The molecule has 112 valence electrons. The molecular weight excluding hydrogens is 351 g/mol. The van der Waals surface area contributed by atoms with Crippen LogP contribution in [0, 0.1) is 0 Å². The highest BCUT2D eigenvalue weighted by atomic mass is 79.9. The topological polar surface area (TPSA) is 46.8 Å². The first-order chi connectivity index (χ1) is 9.93. The van der Waals surface area contributed by atoms with E-state index in [1.807, 2.05) is 11.0 Å². The van der Waals surface area contributed by atoms with Crippen LogP contribution in [-0.4, -0.2) is 31.2 Å². The van der Waals surface area contributed by atoms with E-state index in [2.05, 4.69) is 31.1 Å². The molecule has 21 heavy (non-hydrogen) atoms. The van der Waals surface area contributed by atoms with Gasteiger partial charge in [0.2, 0.25) is 5.82 Å². The maximum Gasteiger partial charge on any atom is 0.451 e. The lowest BCUT2D eigenvalue weighted by atomic mass is 10.2. The summed E-state index contributed by atoms with van der Waals surface area (Å²) >= 11 is 3.35. The van der Waals surface area contributed by atoms with Crippen molar-refractivity contribution in [1.29, 1.82) is 0 Å². The number of pyridine rings is 1. The average Bonchev–Trinajstić information content (AvgIpc) is 2.81. The van der Waals surface area contributed by atoms with Gasteiger partial charge in [-0.25, -0.2) is 0 Å². The molecule has 0 bridgehead atoms. The second-order valence-electron chi connectivity index (χ2n) is 4.81. The Morgan fingerprint density at radius 1 is 1.19 bits per heavy atom. The molecule has 0 aromatic carbocycles. The monoisotopic (exact) mass is 361 g/mol. The number of fused-ring (bicyclic) bond motifs is 1. The summed E-state index contributed by atoms with van der Waals surface area (Å²) < 4.78 is 40.3. The molecule has 0 amide bonds. The summed E-state index contributed by atoms with van der Waals surface area (Å²) in [6.07, 6.45) is -1.03. The zero-order valence-corrected chi connectivity index (χ0v) is 12.4. The molecule has 0 radical (unpaired) electrons. The van der Waals surface area contributed by atoms with Crippen LogP contribution >= 0.6 is 15.9 Å². The third kappa shape index (κ3) is 3.08. The van der Waals surface area contributed by atoms with Crippen LogP contribution in [0.1, 0.15) is 17.2 Å². The van der Waals surface area contributed by atoms with Crippen molar-refractivity contribution in [3.05, 3.63) is 40.1 Å². The standard InChI is InChI=1S/C12H11BrF3N5/c13-9-3-8(4-17-5-9)6-20-1-2-21-10(7-20)18-19-11(21)12(14,15)16/h3-5H,1-2,6-7H2. The van der Waals surface area contributed by atoms with E-state index >= 15 is 0 Å². The smallest absolute Gasteiger partial charge is 0.305 e. The van der Waals surface area contributed by atoms with Crippen molar-refractivity contribution in [2.75, 3.05) is 6.54 Å². The zero-order chi connectivity index (χ0) is 15.0. The number of rotatable bonds is 2. The van der Waals surface area contributed by atoms with E-state index in [9.17, 15) is 13.2 Å². The van der Waals surface area contributed by atoms with Crippen LogP contribution < -0.4 is 0 Å². The number of nitrogens with zero attached hydrogens (tertiary/aromatic N) is 5. The highest BCUT2D eigenvalue weighted by Gasteiger charge is 2.39. The predicted octanol–water partition coefficient (Wildman–Crippen LogP) is 2.47. The summed E-state index contributed by atoms with van der Waals surface area (Å²) in [4.78, 5) is 6.10. The minimum absolute atomic E-state index is 0.235. The molecule has 9 heteroatoms. The van der Waals surface area contributed by atoms with Gasteiger partial charge in [-0.15, -0.1) is 10.2 Å². The molecule has 0 saturated heterocycles. The molecule has 2 aromatic heterocycles. The van der Waals surface area contributed by atoms with Gasteiger partial charge in [-0.3, -0.25) is 9.88 Å². The van der Waals surface area contributed by atoms with Crippen LogP contribution in [0.4, 0.5) is 13.2 Å². The Hall–Kier alpha value is -1.48. The summed E-state index contributed by atoms with van der Waals surface area (Å²) in [6, 6.07) is 1.94. The molecule has 0 N–H and O–H groups in total. The van der Waals surface area contributed by atoms with Gasteiger partial charge in [0.1, 0.15) is 5.82 Å². The minimum Gasteiger partial charge on any atom is -0.305 e. The quantitative estimate of drug-likeness (QED) is 0.824. The Balaban J connectivity index is 1.75. The van der Waals surface area contributed by atoms with Crippen molar-refractivity contribution in [3.8, 4) is 0 Å². The summed E-state index contributed by atoms with van der Waals surface area (Å²) in [5, 5.41) is 6.93. The highest BCUT2D eigenvalue weighted by Crippen LogP contribution is 2.29. The van der Waals surface area contributed by atoms with Gasteiger partial charge in [0.05, 0.1) is 6.54 Å². The lowest BCUT2D eigenvalue weighted by Gasteiger charge is -2.27. The predicted molar refractivity (Wildman–Crippen MR) is 71.1 cm³/mol. The van der Waals surface area contributed by atoms with Crippen LogP contribution in [0.3, 0.4) is 0 Å². The van der Waals surface area contributed by atoms with Crippen molar-refractivity contribution in [2.45, 2.75) is 25.8 Å². The SMILES string of the molecule is FC(F)(F)c1nnc2n1CCN(Cc1cncc(Br)c1)C2. The largest absolute Gasteiger partial charge is 0.451 e. The van der Waals surface area contributed by atoms with Crippen LogP contribution in [-0.2, 0) is 25.8 Å². The second kappa shape index (κ2) is 5.38. The fourth-order valence-electron chi connectivity index (χ4n) is 2.35. The van der Waals surface area contributed by atoms with Crippen LogP contribution in [0.25, 0.3) is 0 Å². The third-order valence-electron chi connectivity index (χ3n) is 3.25. The van der Waals surface area contributed by atoms with E-state index in [-0.39, 0.29) is 6.54 Å². The van der Waals surface area contributed by atoms with E-state index in [1.165, 1.54) is 0 Å². The molecule has 0 atom stereocenters. The molecule has 1 aliphatic heterocycles. The summed E-state index contributed by atoms with van der Waals surface area (Å²) in [7, 11) is 0. The average molecular weight is 362 g/mol. The molecule has 5 nitrogen and oxygen atoms in total. The molecule has 0 unspecified atom stereocenters. The maximum absolute atomic E-state index is 12.7. The summed E-state index contributed by atoms with van der Waals surface area (Å²) in [5.74, 6) is -0.571. The molecule has 2 aromatic rings. The van der Waals surface area contributed by atoms with Gasteiger partial charge in [-0.05, 0) is 27.6 Å². The first-order valence-corrected chi connectivity index (χ1v) is 7.04. The zero-order valence-electron chi connectivity index (χ0n) is 10.8. The fourth-order valence-corrected chi connectivity index (χ4v) is 2.77. The number of alkyl halides is 3. The van der Waals surface area contributed by atoms with E-state index < -0.39 is 12.0 Å². The fraction of sp³-hybridized carbons (Fsp3) is 0.417. The summed E-state index contributed by atoms with van der Waals surface area (Å²) in [5.41, 5.74) is 0.994. The molecule has 3 heterocycles. The maximum atomic E-state index is 12.7. The summed E-state index contributed by atoms with van der Waals surface area (Å²) in [6.45, 7) is 1.70. The van der Waals surface area contributed by atoms with Gasteiger partial charge in [0.15, 0.2) is 0 Å². The Bertz CT molecular complexity index is 655. The van der Waals surface area contributed by atoms with Crippen LogP contribution in [0.15, 0.2) is 22.9 Å². The number of halogens is 4. The molecule has 0 aliphatic carbocycles. The number of hydrogen-bond acceptors (Lipinski definition) is 4. The van der Waals surface area contributed by atoms with Crippen molar-refractivity contribution < 1.29 is 13.2 Å². The van der Waals surface area contributed by atoms with Gasteiger partial charge < -0.3 is 4.57 Å². The van der Waals surface area contributed by atoms with Crippen LogP contribution in [0.2, 0.25) is 0 Å². The number of hydrogen-bond donors (Lipinski definition) is 0. The van der Waals surface area contributed by atoms with Gasteiger partial charge in [-0.2, -0.15) is 13.2 Å². The first-order valence-electron chi connectivity index (χ1n) is 6.24. The third-order valence-corrected chi connectivity index (χ3v) is 3.69. The van der Waals surface area contributed by atoms with Crippen LogP contribution in [0.5, 0.6) is 0 Å². The Morgan fingerprint density at radius 2 is 2.00 bits per heavy atom. The Labute approximate surface area is 126 Å². The molecule has 0 fully saturated rings. The molecular formula is C12H11BrF3N5. The minimum atomic E-state index is -4.46. The van der Waals surface area contributed by atoms with E-state index in [0.29, 0.717) is 25.5 Å². The Kier molecular flexibility index (Phi) is 3.70. The van der Waals surface area contributed by atoms with Gasteiger partial charge in [-0.1, -0.05) is 0 Å². The lowest BCUT2D eigenvalue weighted by Crippen LogP contribution is -2.34. The molecule has 0 spiro atoms. The first kappa shape index (κ1) is 14.5. The van der Waals surface area contributed by atoms with E-state index in [1.54, 1.807) is 12.4 Å². The van der Waals surface area contributed by atoms with Crippen molar-refractivity contribution in [2.24, 2.45) is 0 Å². The highest BCUT2D eigenvalue weighted by molar-refractivity contribution is 9.10. The van der Waals surface area contributed by atoms with Gasteiger partial charge in [0, 0.05) is 36.5 Å². The van der Waals surface area contributed by atoms with E-state index in [4.69, 9.17) is 0 Å². The Morgan fingerprint density at radius 3 is 2.71 bits per heavy atom. The second-order valence-corrected chi connectivity index (χ2v) is 5.73. The normalized spacial score (nSPS) is 16.0. The molecule has 0 saturated carbocycles. The van der Waals surface area contributed by atoms with Gasteiger partial charge in [0.25, 0.3) is 0 Å². The molecule has 1 aliphatic rings.